The average Bonchev–Trinajstić information content (AvgIpc) is 3.12. The van der Waals surface area contributed by atoms with Crippen molar-refractivity contribution >= 4 is 17.6 Å². The molecule has 26 heavy (non-hydrogen) atoms. The third kappa shape index (κ3) is 4.24. The quantitative estimate of drug-likeness (QED) is 0.781. The van der Waals surface area contributed by atoms with Gasteiger partial charge in [-0.25, -0.2) is 4.68 Å². The van der Waals surface area contributed by atoms with Crippen molar-refractivity contribution in [3.8, 4) is 0 Å². The van der Waals surface area contributed by atoms with Crippen molar-refractivity contribution < 1.29 is 14.3 Å². The van der Waals surface area contributed by atoms with Gasteiger partial charge in [-0.1, -0.05) is 0 Å². The molecule has 2 aliphatic heterocycles. The number of ether oxygens (including phenoxy) is 1. The highest BCUT2D eigenvalue weighted by Crippen LogP contribution is 2.26. The van der Waals surface area contributed by atoms with Gasteiger partial charge >= 0.3 is 0 Å². The van der Waals surface area contributed by atoms with Crippen LogP contribution in [0.5, 0.6) is 0 Å². The van der Waals surface area contributed by atoms with Crippen LogP contribution in [0.25, 0.3) is 0 Å². The summed E-state index contributed by atoms with van der Waals surface area (Å²) in [6, 6.07) is 2.52. The molecule has 2 saturated heterocycles. The Kier molecular flexibility index (Phi) is 5.21. The molecule has 1 aliphatic carbocycles. The molecule has 0 radical (unpaired) electrons. The molecule has 2 amide bonds. The molecule has 8 heteroatoms. The first-order chi connectivity index (χ1) is 12.7. The minimum Gasteiger partial charge on any atom is -0.381 e. The second-order valence-electron chi connectivity index (χ2n) is 7.56. The van der Waals surface area contributed by atoms with E-state index in [-0.39, 0.29) is 23.8 Å². The van der Waals surface area contributed by atoms with E-state index in [1.807, 2.05) is 10.7 Å². The third-order valence-electron chi connectivity index (χ3n) is 5.43. The minimum atomic E-state index is -0.0647. The van der Waals surface area contributed by atoms with E-state index in [0.717, 1.165) is 51.0 Å². The molecule has 142 valence electrons. The Hall–Kier alpha value is -1.93. The van der Waals surface area contributed by atoms with Gasteiger partial charge in [-0.05, 0) is 32.1 Å². The summed E-state index contributed by atoms with van der Waals surface area (Å²) < 4.78 is 7.22. The van der Waals surface area contributed by atoms with Crippen molar-refractivity contribution in [2.75, 3.05) is 38.2 Å². The van der Waals surface area contributed by atoms with Crippen LogP contribution in [0.1, 0.15) is 38.1 Å². The summed E-state index contributed by atoms with van der Waals surface area (Å²) in [5.41, 5.74) is 0. The van der Waals surface area contributed by atoms with Crippen molar-refractivity contribution in [3.05, 3.63) is 12.3 Å². The lowest BCUT2D eigenvalue weighted by atomic mass is 10.1. The molecule has 8 nitrogen and oxygen atoms in total. The second kappa shape index (κ2) is 7.75. The number of carbonyl (C=O) groups is 2. The van der Waals surface area contributed by atoms with E-state index >= 15 is 0 Å². The zero-order valence-electron chi connectivity index (χ0n) is 15.0. The molecular weight excluding hydrogens is 334 g/mol. The summed E-state index contributed by atoms with van der Waals surface area (Å²) >= 11 is 0. The molecule has 1 aromatic heterocycles. The summed E-state index contributed by atoms with van der Waals surface area (Å²) in [7, 11) is 0. The highest BCUT2D eigenvalue weighted by molar-refractivity contribution is 5.92. The molecule has 2 N–H and O–H groups in total. The number of nitrogens with zero attached hydrogens (tertiary/aromatic N) is 3. The van der Waals surface area contributed by atoms with E-state index in [0.29, 0.717) is 25.8 Å². The second-order valence-corrected chi connectivity index (χ2v) is 7.56. The number of piperidine rings is 1. The summed E-state index contributed by atoms with van der Waals surface area (Å²) in [5, 5.41) is 10.5. The first-order valence-corrected chi connectivity index (χ1v) is 9.63. The fourth-order valence-electron chi connectivity index (χ4n) is 3.70. The number of aromatic nitrogens is 2. The largest absolute Gasteiger partial charge is 0.381 e. The molecule has 3 aliphatic rings. The average molecular weight is 361 g/mol. The molecule has 3 fully saturated rings. The van der Waals surface area contributed by atoms with Gasteiger partial charge in [0.25, 0.3) is 0 Å². The summed E-state index contributed by atoms with van der Waals surface area (Å²) in [6.07, 6.45) is 6.60. The van der Waals surface area contributed by atoms with Gasteiger partial charge in [0.1, 0.15) is 5.82 Å². The number of anilines is 1. The number of rotatable bonds is 6. The minimum absolute atomic E-state index is 0.0124. The van der Waals surface area contributed by atoms with Crippen LogP contribution >= 0.6 is 0 Å². The van der Waals surface area contributed by atoms with Gasteiger partial charge in [0, 0.05) is 31.8 Å². The zero-order valence-corrected chi connectivity index (χ0v) is 15.0. The maximum Gasteiger partial charge on any atom is 0.234 e. The molecule has 4 rings (SSSR count). The Bertz CT molecular complexity index is 643. The predicted octanol–water partition coefficient (Wildman–Crippen LogP) is 0.774. The van der Waals surface area contributed by atoms with Gasteiger partial charge in [0.05, 0.1) is 31.3 Å². The predicted molar refractivity (Wildman–Crippen MR) is 95.7 cm³/mol. The number of amides is 2. The molecule has 0 spiro atoms. The first-order valence-electron chi connectivity index (χ1n) is 9.63. The lowest BCUT2D eigenvalue weighted by molar-refractivity contribution is -0.123. The smallest absolute Gasteiger partial charge is 0.234 e. The Morgan fingerprint density at radius 1 is 1.19 bits per heavy atom. The maximum atomic E-state index is 12.3. The number of likely N-dealkylation sites (tertiary alicyclic amines) is 1. The molecule has 1 aromatic rings. The Morgan fingerprint density at radius 3 is 2.69 bits per heavy atom. The fourth-order valence-corrected chi connectivity index (χ4v) is 3.70. The van der Waals surface area contributed by atoms with E-state index in [9.17, 15) is 9.59 Å². The zero-order chi connectivity index (χ0) is 17.9. The van der Waals surface area contributed by atoms with Crippen LogP contribution in [0.15, 0.2) is 12.3 Å². The first kappa shape index (κ1) is 17.5. The van der Waals surface area contributed by atoms with Gasteiger partial charge in [-0.2, -0.15) is 5.10 Å². The summed E-state index contributed by atoms with van der Waals surface area (Å²) in [5.74, 6) is 0.840. The molecule has 1 saturated carbocycles. The van der Waals surface area contributed by atoms with Crippen LogP contribution in [-0.2, 0) is 14.3 Å². The molecule has 1 atom stereocenters. The van der Waals surface area contributed by atoms with E-state index in [1.165, 1.54) is 0 Å². The van der Waals surface area contributed by atoms with Crippen LogP contribution in [0.4, 0.5) is 5.82 Å². The van der Waals surface area contributed by atoms with Crippen LogP contribution in [0, 0.1) is 5.92 Å². The van der Waals surface area contributed by atoms with Crippen LogP contribution < -0.4 is 10.6 Å². The van der Waals surface area contributed by atoms with Crippen LogP contribution in [0.3, 0.4) is 0 Å². The topological polar surface area (TPSA) is 88.5 Å². The number of carbonyl (C=O) groups excluding carboxylic acids is 2. The normalized spacial score (nSPS) is 24.5. The number of hydrogen-bond donors (Lipinski definition) is 2. The molecule has 3 heterocycles. The van der Waals surface area contributed by atoms with Crippen molar-refractivity contribution in [1.82, 2.24) is 20.0 Å². The standard InChI is InChI=1S/C18H27N5O3/c24-17(20-14-1-2-14)11-22-8-4-15(5-9-22)23-16(3-7-19-23)21-18(25)13-6-10-26-12-13/h3,7,13-15H,1-2,4-6,8-12H2,(H,20,24)(H,21,25)/t13-/m0/s1. The molecule has 0 aromatic carbocycles. The Balaban J connectivity index is 1.28. The maximum absolute atomic E-state index is 12.3. The van der Waals surface area contributed by atoms with Gasteiger partial charge in [-0.3, -0.25) is 14.5 Å². The van der Waals surface area contributed by atoms with Crippen molar-refractivity contribution in [2.24, 2.45) is 5.92 Å². The summed E-state index contributed by atoms with van der Waals surface area (Å²) in [4.78, 5) is 26.5. The van der Waals surface area contributed by atoms with E-state index in [1.54, 1.807) is 6.20 Å². The van der Waals surface area contributed by atoms with Crippen molar-refractivity contribution in [3.63, 3.8) is 0 Å². The Labute approximate surface area is 153 Å². The van der Waals surface area contributed by atoms with E-state index < -0.39 is 0 Å². The molecular formula is C18H27N5O3. The lowest BCUT2D eigenvalue weighted by Crippen LogP contribution is -2.42. The Morgan fingerprint density at radius 2 is 2.00 bits per heavy atom. The highest BCUT2D eigenvalue weighted by Gasteiger charge is 2.28. The van der Waals surface area contributed by atoms with Crippen molar-refractivity contribution in [2.45, 2.75) is 44.2 Å². The molecule has 0 bridgehead atoms. The van der Waals surface area contributed by atoms with Crippen LogP contribution in [-0.4, -0.2) is 65.4 Å². The van der Waals surface area contributed by atoms with E-state index in [4.69, 9.17) is 4.74 Å². The monoisotopic (exact) mass is 361 g/mol. The van der Waals surface area contributed by atoms with Crippen LogP contribution in [0.2, 0.25) is 0 Å². The van der Waals surface area contributed by atoms with Gasteiger partial charge in [-0.15, -0.1) is 0 Å². The molecule has 0 unspecified atom stereocenters. The highest BCUT2D eigenvalue weighted by atomic mass is 16.5. The van der Waals surface area contributed by atoms with Gasteiger partial charge in [0.2, 0.25) is 11.8 Å². The number of nitrogens with one attached hydrogen (secondary N) is 2. The summed E-state index contributed by atoms with van der Waals surface area (Å²) in [6.45, 7) is 3.37. The third-order valence-corrected chi connectivity index (χ3v) is 5.43. The lowest BCUT2D eigenvalue weighted by Gasteiger charge is -2.32. The SMILES string of the molecule is O=C(CN1CCC(n2nccc2NC(=O)[C@H]2CCOC2)CC1)NC1CC1. The van der Waals surface area contributed by atoms with Crippen molar-refractivity contribution in [1.29, 1.82) is 0 Å². The fraction of sp³-hybridized carbons (Fsp3) is 0.722. The van der Waals surface area contributed by atoms with E-state index in [2.05, 4.69) is 20.6 Å². The van der Waals surface area contributed by atoms with Gasteiger partial charge < -0.3 is 15.4 Å². The van der Waals surface area contributed by atoms with Gasteiger partial charge in [0.15, 0.2) is 0 Å². The number of hydrogen-bond acceptors (Lipinski definition) is 5.